The van der Waals surface area contributed by atoms with Crippen molar-refractivity contribution in [2.75, 3.05) is 11.1 Å². The van der Waals surface area contributed by atoms with Crippen molar-refractivity contribution >= 4 is 23.0 Å². The van der Waals surface area contributed by atoms with Crippen molar-refractivity contribution in [3.8, 4) is 0 Å². The van der Waals surface area contributed by atoms with Crippen LogP contribution < -0.4 is 16.8 Å². The largest absolute Gasteiger partial charge is 0.398 e. The smallest absolute Gasteiger partial charge is 0.146 e. The quantitative estimate of drug-likeness (QED) is 0.799. The first-order valence-corrected chi connectivity index (χ1v) is 7.17. The zero-order valence-corrected chi connectivity index (χ0v) is 13.1. The maximum atomic E-state index is 13.8. The Morgan fingerprint density at radius 3 is 2.59 bits per heavy atom. The Labute approximate surface area is 130 Å². The number of nitrogens with one attached hydrogen (secondary N) is 1. The number of allylic oxidation sites excluding steroid dienone is 1. The Hall–Kier alpha value is -2.56. The lowest BCUT2D eigenvalue weighted by atomic mass is 10.1. The van der Waals surface area contributed by atoms with Gasteiger partial charge in [-0.2, -0.15) is 0 Å². The molecule has 1 heterocycles. The van der Waals surface area contributed by atoms with Crippen LogP contribution in [0.1, 0.15) is 31.4 Å². The molecular formula is C17H21FN4. The van der Waals surface area contributed by atoms with Crippen molar-refractivity contribution in [1.82, 2.24) is 4.98 Å². The molecule has 0 unspecified atom stereocenters. The Kier molecular flexibility index (Phi) is 4.65. The molecule has 2 aromatic rings. The molecule has 0 amide bonds. The Morgan fingerprint density at radius 2 is 2.00 bits per heavy atom. The molecule has 0 aliphatic rings. The molecule has 0 spiro atoms. The summed E-state index contributed by atoms with van der Waals surface area (Å²) in [4.78, 5) is 4.26. The third-order valence-electron chi connectivity index (χ3n) is 3.59. The maximum Gasteiger partial charge on any atom is 0.146 e. The summed E-state index contributed by atoms with van der Waals surface area (Å²) in [5.74, 6) is 0.472. The molecule has 0 bridgehead atoms. The second-order valence-corrected chi connectivity index (χ2v) is 5.29. The number of nitrogen functional groups attached to an aromatic ring is 1. The van der Waals surface area contributed by atoms with E-state index in [2.05, 4.69) is 10.3 Å². The van der Waals surface area contributed by atoms with E-state index in [0.717, 1.165) is 17.6 Å². The highest BCUT2D eigenvalue weighted by molar-refractivity contribution is 5.74. The number of halogens is 1. The van der Waals surface area contributed by atoms with Gasteiger partial charge in [-0.1, -0.05) is 13.0 Å². The molecule has 22 heavy (non-hydrogen) atoms. The molecule has 0 saturated heterocycles. The predicted octanol–water partition coefficient (Wildman–Crippen LogP) is 3.95. The first kappa shape index (κ1) is 15.8. The highest BCUT2D eigenvalue weighted by Gasteiger charge is 2.09. The van der Waals surface area contributed by atoms with E-state index < -0.39 is 0 Å². The molecule has 0 atom stereocenters. The fourth-order valence-corrected chi connectivity index (χ4v) is 2.05. The summed E-state index contributed by atoms with van der Waals surface area (Å²) in [6.07, 6.45) is 0.847. The highest BCUT2D eigenvalue weighted by Crippen LogP contribution is 2.25. The van der Waals surface area contributed by atoms with Crippen LogP contribution in [0.2, 0.25) is 0 Å². The van der Waals surface area contributed by atoms with Crippen LogP contribution in [0, 0.1) is 12.7 Å². The number of pyridine rings is 1. The van der Waals surface area contributed by atoms with E-state index in [1.165, 1.54) is 6.07 Å². The van der Waals surface area contributed by atoms with Crippen molar-refractivity contribution in [1.29, 1.82) is 0 Å². The van der Waals surface area contributed by atoms with Gasteiger partial charge in [-0.05, 0) is 55.7 Å². The van der Waals surface area contributed by atoms with Crippen LogP contribution in [0.4, 0.5) is 21.7 Å². The third-order valence-corrected chi connectivity index (χ3v) is 3.59. The van der Waals surface area contributed by atoms with E-state index in [1.807, 2.05) is 26.8 Å². The summed E-state index contributed by atoms with van der Waals surface area (Å²) >= 11 is 0. The number of anilines is 3. The van der Waals surface area contributed by atoms with E-state index in [4.69, 9.17) is 11.5 Å². The van der Waals surface area contributed by atoms with Crippen molar-refractivity contribution in [2.45, 2.75) is 27.2 Å². The molecule has 1 aromatic heterocycles. The minimum absolute atomic E-state index is 0.322. The van der Waals surface area contributed by atoms with Gasteiger partial charge in [-0.15, -0.1) is 0 Å². The maximum absolute atomic E-state index is 13.8. The van der Waals surface area contributed by atoms with Gasteiger partial charge < -0.3 is 16.8 Å². The first-order valence-electron chi connectivity index (χ1n) is 7.17. The van der Waals surface area contributed by atoms with E-state index in [-0.39, 0.29) is 5.82 Å². The summed E-state index contributed by atoms with van der Waals surface area (Å²) in [5, 5.41) is 2.93. The van der Waals surface area contributed by atoms with Gasteiger partial charge in [0.15, 0.2) is 0 Å². The molecule has 5 heteroatoms. The number of nitrogens with zero attached hydrogens (tertiary/aromatic N) is 1. The van der Waals surface area contributed by atoms with E-state index >= 15 is 0 Å². The van der Waals surface area contributed by atoms with E-state index in [0.29, 0.717) is 28.6 Å². The van der Waals surface area contributed by atoms with Crippen LogP contribution in [0.15, 0.2) is 35.9 Å². The second kappa shape index (κ2) is 6.47. The number of hydrogen-bond acceptors (Lipinski definition) is 4. The van der Waals surface area contributed by atoms with Gasteiger partial charge in [-0.3, -0.25) is 0 Å². The SMILES string of the molecule is CC/C(C)=C(\N)c1ccc(Nc2ccc(C)cc2F)nc1N. The fourth-order valence-electron chi connectivity index (χ4n) is 2.05. The van der Waals surface area contributed by atoms with Crippen LogP contribution in [-0.4, -0.2) is 4.98 Å². The summed E-state index contributed by atoms with van der Waals surface area (Å²) in [6, 6.07) is 8.50. The van der Waals surface area contributed by atoms with Crippen LogP contribution in [0.3, 0.4) is 0 Å². The monoisotopic (exact) mass is 300 g/mol. The lowest BCUT2D eigenvalue weighted by molar-refractivity contribution is 0.630. The van der Waals surface area contributed by atoms with Gasteiger partial charge in [0, 0.05) is 11.3 Å². The summed E-state index contributed by atoms with van der Waals surface area (Å²) in [6.45, 7) is 5.83. The van der Waals surface area contributed by atoms with E-state index in [9.17, 15) is 4.39 Å². The van der Waals surface area contributed by atoms with Crippen molar-refractivity contribution < 1.29 is 4.39 Å². The zero-order chi connectivity index (χ0) is 16.3. The van der Waals surface area contributed by atoms with E-state index in [1.54, 1.807) is 18.2 Å². The molecule has 0 radical (unpaired) electrons. The average Bonchev–Trinajstić information content (AvgIpc) is 2.49. The Morgan fingerprint density at radius 1 is 1.27 bits per heavy atom. The standard InChI is InChI=1S/C17H21FN4/c1-4-11(3)16(19)12-6-8-15(22-17(12)20)21-14-7-5-10(2)9-13(14)18/h5-9H,4,19H2,1-3H3,(H3,20,21,22)/b16-11-. The minimum Gasteiger partial charge on any atom is -0.398 e. The summed E-state index contributed by atoms with van der Waals surface area (Å²) in [7, 11) is 0. The van der Waals surface area contributed by atoms with Gasteiger partial charge >= 0.3 is 0 Å². The third kappa shape index (κ3) is 3.36. The van der Waals surface area contributed by atoms with Crippen molar-refractivity contribution in [3.63, 3.8) is 0 Å². The van der Waals surface area contributed by atoms with Gasteiger partial charge in [-0.25, -0.2) is 9.37 Å². The number of rotatable bonds is 4. The number of hydrogen-bond donors (Lipinski definition) is 3. The van der Waals surface area contributed by atoms with Crippen LogP contribution in [0.5, 0.6) is 0 Å². The van der Waals surface area contributed by atoms with Gasteiger partial charge in [0.05, 0.1) is 5.69 Å². The van der Waals surface area contributed by atoms with Crippen molar-refractivity contribution in [2.24, 2.45) is 5.73 Å². The number of benzene rings is 1. The number of aromatic nitrogens is 1. The number of nitrogens with two attached hydrogens (primary N) is 2. The number of aryl methyl sites for hydroxylation is 1. The first-order chi connectivity index (χ1) is 10.4. The molecule has 4 nitrogen and oxygen atoms in total. The molecular weight excluding hydrogens is 279 g/mol. The molecule has 0 fully saturated rings. The molecule has 1 aromatic carbocycles. The fraction of sp³-hybridized carbons (Fsp3) is 0.235. The minimum atomic E-state index is -0.328. The molecule has 0 aliphatic carbocycles. The van der Waals surface area contributed by atoms with Gasteiger partial charge in [0.25, 0.3) is 0 Å². The molecule has 0 saturated carbocycles. The summed E-state index contributed by atoms with van der Waals surface area (Å²) < 4.78 is 13.8. The van der Waals surface area contributed by atoms with Crippen molar-refractivity contribution in [3.05, 3.63) is 52.8 Å². The van der Waals surface area contributed by atoms with Crippen LogP contribution >= 0.6 is 0 Å². The normalized spacial score (nSPS) is 12.0. The molecule has 116 valence electrons. The van der Waals surface area contributed by atoms with Crippen LogP contribution in [-0.2, 0) is 0 Å². The topological polar surface area (TPSA) is 77.0 Å². The second-order valence-electron chi connectivity index (χ2n) is 5.29. The van der Waals surface area contributed by atoms with Gasteiger partial charge in [0.2, 0.25) is 0 Å². The Balaban J connectivity index is 2.30. The molecule has 2 rings (SSSR count). The molecule has 5 N–H and O–H groups in total. The average molecular weight is 300 g/mol. The zero-order valence-electron chi connectivity index (χ0n) is 13.1. The molecule has 0 aliphatic heterocycles. The van der Waals surface area contributed by atoms with Gasteiger partial charge in [0.1, 0.15) is 17.5 Å². The lowest BCUT2D eigenvalue weighted by Gasteiger charge is -2.12. The Bertz CT molecular complexity index is 723. The highest BCUT2D eigenvalue weighted by atomic mass is 19.1. The predicted molar refractivity (Wildman–Crippen MR) is 90.1 cm³/mol. The lowest BCUT2D eigenvalue weighted by Crippen LogP contribution is -2.07. The van der Waals surface area contributed by atoms with Crippen LogP contribution in [0.25, 0.3) is 5.70 Å². The summed E-state index contributed by atoms with van der Waals surface area (Å²) in [5.41, 5.74) is 15.7.